The van der Waals surface area contributed by atoms with Gasteiger partial charge in [-0.25, -0.2) is 14.2 Å². The molecule has 2 fully saturated rings. The molecule has 2 N–H and O–H groups in total. The van der Waals surface area contributed by atoms with Gasteiger partial charge in [-0.1, -0.05) is 17.7 Å². The number of imidazole rings is 1. The van der Waals surface area contributed by atoms with Gasteiger partial charge < -0.3 is 19.7 Å². The molecule has 38 heavy (non-hydrogen) atoms. The fourth-order valence-electron chi connectivity index (χ4n) is 5.98. The van der Waals surface area contributed by atoms with Crippen LogP contribution in [0.3, 0.4) is 0 Å². The van der Waals surface area contributed by atoms with Crippen LogP contribution in [0.15, 0.2) is 65.8 Å². The molecule has 2 aliphatic rings. The number of piperidine rings is 1. The lowest BCUT2D eigenvalue weighted by molar-refractivity contribution is -0.0273. The van der Waals surface area contributed by atoms with E-state index in [0.29, 0.717) is 46.1 Å². The molecule has 9 heteroatoms. The Morgan fingerprint density at radius 3 is 2.29 bits per heavy atom. The number of aromatic hydroxyl groups is 1. The first-order chi connectivity index (χ1) is 18.1. The molecule has 1 aliphatic carbocycles. The number of hydrogen-bond donors (Lipinski definition) is 2. The monoisotopic (exact) mass is 534 g/mol. The number of phenolic OH excluding ortho intramolecular Hbond substituents is 1. The van der Waals surface area contributed by atoms with E-state index in [1.165, 1.54) is 21.3 Å². The van der Waals surface area contributed by atoms with Crippen LogP contribution in [-0.4, -0.2) is 43.0 Å². The van der Waals surface area contributed by atoms with Gasteiger partial charge in [0.25, 0.3) is 0 Å². The number of nitrogens with zero attached hydrogens (tertiary/aromatic N) is 4. The van der Waals surface area contributed by atoms with E-state index in [1.807, 2.05) is 13.0 Å². The van der Waals surface area contributed by atoms with Crippen LogP contribution < -0.4 is 10.6 Å². The van der Waals surface area contributed by atoms with Crippen LogP contribution in [0.5, 0.6) is 5.75 Å². The van der Waals surface area contributed by atoms with Gasteiger partial charge in [-0.15, -0.1) is 0 Å². The molecule has 2 aromatic carbocycles. The first-order valence-corrected chi connectivity index (χ1v) is 13.0. The Labute approximate surface area is 224 Å². The minimum Gasteiger partial charge on any atom is -0.507 e. The van der Waals surface area contributed by atoms with Crippen LogP contribution >= 0.6 is 11.6 Å². The predicted molar refractivity (Wildman–Crippen MR) is 145 cm³/mol. The normalized spacial score (nSPS) is 22.7. The van der Waals surface area contributed by atoms with Crippen molar-refractivity contribution in [2.24, 2.45) is 18.9 Å². The molecular formula is C29H28ClFN4O3. The molecule has 1 saturated carbocycles. The van der Waals surface area contributed by atoms with Gasteiger partial charge >= 0.3 is 5.69 Å². The summed E-state index contributed by atoms with van der Waals surface area (Å²) in [5, 5.41) is 22.4. The number of fused-ring (bicyclic) bond motifs is 2. The lowest BCUT2D eigenvalue weighted by Gasteiger charge is -2.42. The van der Waals surface area contributed by atoms with E-state index in [-0.39, 0.29) is 23.3 Å². The Hall–Kier alpha value is -3.62. The van der Waals surface area contributed by atoms with Crippen molar-refractivity contribution < 1.29 is 14.6 Å². The Kier molecular flexibility index (Phi) is 5.85. The zero-order valence-corrected chi connectivity index (χ0v) is 21.9. The zero-order chi connectivity index (χ0) is 26.8. The number of rotatable bonds is 4. The molecule has 6 rings (SSSR count). The second-order valence-electron chi connectivity index (χ2n) is 10.6. The second-order valence-corrected chi connectivity index (χ2v) is 11.0. The van der Waals surface area contributed by atoms with Gasteiger partial charge in [-0.2, -0.15) is 0 Å². The second kappa shape index (κ2) is 8.99. The summed E-state index contributed by atoms with van der Waals surface area (Å²) in [6.07, 6.45) is 6.89. The third-order valence-electron chi connectivity index (χ3n) is 8.32. The number of benzene rings is 2. The molecule has 3 heterocycles. The van der Waals surface area contributed by atoms with Crippen molar-refractivity contribution in [3.05, 3.63) is 82.4 Å². The van der Waals surface area contributed by atoms with Crippen molar-refractivity contribution in [1.82, 2.24) is 14.1 Å². The molecule has 0 radical (unpaired) electrons. The molecule has 4 aromatic rings. The average Bonchev–Trinajstić information content (AvgIpc) is 3.24. The highest BCUT2D eigenvalue weighted by molar-refractivity contribution is 6.32. The van der Waals surface area contributed by atoms with Gasteiger partial charge in [0.1, 0.15) is 17.4 Å². The van der Waals surface area contributed by atoms with Gasteiger partial charge in [-0.3, -0.25) is 4.57 Å². The summed E-state index contributed by atoms with van der Waals surface area (Å²) in [5.41, 5.74) is 1.38. The lowest BCUT2D eigenvalue weighted by Crippen LogP contribution is -2.52. The van der Waals surface area contributed by atoms with Gasteiger partial charge in [0.05, 0.1) is 16.3 Å². The molecule has 2 unspecified atom stereocenters. The zero-order valence-electron chi connectivity index (χ0n) is 21.1. The maximum Gasteiger partial charge on any atom is 0.332 e. The minimum absolute atomic E-state index is 0.0779. The molecule has 7 nitrogen and oxygen atoms in total. The Bertz CT molecular complexity index is 1600. The summed E-state index contributed by atoms with van der Waals surface area (Å²) in [6, 6.07) is 11.2. The Morgan fingerprint density at radius 1 is 1.03 bits per heavy atom. The smallest absolute Gasteiger partial charge is 0.332 e. The summed E-state index contributed by atoms with van der Waals surface area (Å²) < 4.78 is 17.7. The van der Waals surface area contributed by atoms with Crippen LogP contribution in [0.1, 0.15) is 19.8 Å². The van der Waals surface area contributed by atoms with Crippen molar-refractivity contribution in [2.45, 2.75) is 25.4 Å². The summed E-state index contributed by atoms with van der Waals surface area (Å²) in [6.45, 7) is 3.34. The summed E-state index contributed by atoms with van der Waals surface area (Å²) in [5.74, 6) is 0.519. The topological polar surface area (TPSA) is 83.5 Å². The van der Waals surface area contributed by atoms with Crippen molar-refractivity contribution in [3.8, 4) is 33.7 Å². The summed E-state index contributed by atoms with van der Waals surface area (Å²) >= 11 is 6.52. The van der Waals surface area contributed by atoms with Crippen molar-refractivity contribution in [2.75, 3.05) is 18.0 Å². The molecule has 2 aromatic heterocycles. The van der Waals surface area contributed by atoms with E-state index < -0.39 is 11.4 Å². The quantitative estimate of drug-likeness (QED) is 0.385. The number of aliphatic hydroxyl groups is 1. The van der Waals surface area contributed by atoms with Gasteiger partial charge in [0, 0.05) is 61.7 Å². The Balaban J connectivity index is 1.36. The number of phenols is 1. The van der Waals surface area contributed by atoms with E-state index >= 15 is 0 Å². The number of anilines is 1. The average molecular weight is 535 g/mol. The van der Waals surface area contributed by atoms with Crippen LogP contribution in [0.2, 0.25) is 5.02 Å². The predicted octanol–water partition coefficient (Wildman–Crippen LogP) is 5.00. The summed E-state index contributed by atoms with van der Waals surface area (Å²) in [7, 11) is 1.65. The molecule has 2 atom stereocenters. The molecule has 0 amide bonds. The molecule has 1 aliphatic heterocycles. The van der Waals surface area contributed by atoms with E-state index in [4.69, 9.17) is 11.6 Å². The molecule has 2 bridgehead atoms. The first-order valence-electron chi connectivity index (χ1n) is 12.6. The summed E-state index contributed by atoms with van der Waals surface area (Å²) in [4.78, 5) is 19.1. The first kappa shape index (κ1) is 24.7. The minimum atomic E-state index is -0.658. The van der Waals surface area contributed by atoms with Gasteiger partial charge in [-0.05, 0) is 67.3 Å². The number of hydrogen-bond acceptors (Lipinski definition) is 5. The maximum atomic E-state index is 14.9. The molecule has 0 spiro atoms. The van der Waals surface area contributed by atoms with Crippen LogP contribution in [0.4, 0.5) is 10.2 Å². The fraction of sp³-hybridized carbons (Fsp3) is 0.310. The number of aromatic nitrogens is 3. The SMILES string of the molecule is Cn1ccn(-c2ccc(-c3cc(F)cc(-c4ccnc(N5CC6CCC(C5)C6(C)O)c4)c3O)cc2Cl)c1=O. The highest BCUT2D eigenvalue weighted by Gasteiger charge is 2.49. The largest absolute Gasteiger partial charge is 0.507 e. The number of pyridine rings is 1. The highest BCUT2D eigenvalue weighted by Crippen LogP contribution is 2.46. The third-order valence-corrected chi connectivity index (χ3v) is 8.62. The van der Waals surface area contributed by atoms with Crippen molar-refractivity contribution in [3.63, 3.8) is 0 Å². The van der Waals surface area contributed by atoms with E-state index in [2.05, 4.69) is 9.88 Å². The van der Waals surface area contributed by atoms with E-state index in [1.54, 1.807) is 49.9 Å². The van der Waals surface area contributed by atoms with E-state index in [0.717, 1.165) is 18.7 Å². The molecular weight excluding hydrogens is 507 g/mol. The van der Waals surface area contributed by atoms with Crippen LogP contribution in [0.25, 0.3) is 27.9 Å². The molecule has 196 valence electrons. The lowest BCUT2D eigenvalue weighted by atomic mass is 9.82. The van der Waals surface area contributed by atoms with Gasteiger partial charge in [0.15, 0.2) is 0 Å². The number of aryl methyl sites for hydroxylation is 1. The maximum absolute atomic E-state index is 14.9. The van der Waals surface area contributed by atoms with Crippen molar-refractivity contribution in [1.29, 1.82) is 0 Å². The highest BCUT2D eigenvalue weighted by atomic mass is 35.5. The fourth-order valence-corrected chi connectivity index (χ4v) is 6.25. The van der Waals surface area contributed by atoms with Crippen LogP contribution in [0, 0.1) is 17.7 Å². The van der Waals surface area contributed by atoms with E-state index in [9.17, 15) is 19.4 Å². The van der Waals surface area contributed by atoms with Crippen molar-refractivity contribution >= 4 is 17.4 Å². The standard InChI is InChI=1S/C29H28ClFN4O3/c1-29(38)19-4-5-20(29)16-34(15-19)26-12-18(7-8-32-26)23-14-21(31)13-22(27(23)36)17-3-6-25(24(30)11-17)35-10-9-33(2)28(35)37/h3,6-14,19-20,36,38H,4-5,15-16H2,1-2H3. The number of halogens is 2. The van der Waals surface area contributed by atoms with Crippen LogP contribution in [-0.2, 0) is 7.05 Å². The molecule has 1 saturated heterocycles. The Morgan fingerprint density at radius 2 is 1.68 bits per heavy atom. The van der Waals surface area contributed by atoms with Gasteiger partial charge in [0.2, 0.25) is 0 Å². The third kappa shape index (κ3) is 3.99.